The lowest BCUT2D eigenvalue weighted by Crippen LogP contribution is -2.08. The number of methoxy groups -OCH3 is 1. The first-order valence-corrected chi connectivity index (χ1v) is 8.80. The molecular weight excluding hydrogens is 352 g/mol. The number of carbonyl (C=O) groups excluding carboxylic acids is 2. The number of hydrogen-bond donors (Lipinski definition) is 0. The first kappa shape index (κ1) is 19.1. The van der Waals surface area contributed by atoms with Gasteiger partial charge in [0.2, 0.25) is 0 Å². The third-order valence-electron chi connectivity index (χ3n) is 4.16. The molecule has 28 heavy (non-hydrogen) atoms. The molecule has 4 heteroatoms. The number of hydrogen-bond acceptors (Lipinski definition) is 4. The summed E-state index contributed by atoms with van der Waals surface area (Å²) < 4.78 is 10.5. The van der Waals surface area contributed by atoms with Gasteiger partial charge in [0.05, 0.1) is 12.7 Å². The van der Waals surface area contributed by atoms with Crippen LogP contribution >= 0.6 is 0 Å². The van der Waals surface area contributed by atoms with Crippen molar-refractivity contribution in [2.24, 2.45) is 0 Å². The number of aryl methyl sites for hydroxylation is 1. The number of esters is 1. The molecule has 0 fully saturated rings. The topological polar surface area (TPSA) is 52.6 Å². The maximum Gasteiger partial charge on any atom is 0.343 e. The first-order chi connectivity index (χ1) is 13.5. The third kappa shape index (κ3) is 4.95. The summed E-state index contributed by atoms with van der Waals surface area (Å²) in [7, 11) is 1.57. The minimum Gasteiger partial charge on any atom is -0.497 e. The fourth-order valence-corrected chi connectivity index (χ4v) is 2.56. The van der Waals surface area contributed by atoms with Crippen LogP contribution in [0, 0.1) is 6.92 Å². The first-order valence-electron chi connectivity index (χ1n) is 8.80. The zero-order valence-electron chi connectivity index (χ0n) is 15.7. The molecule has 4 nitrogen and oxygen atoms in total. The summed E-state index contributed by atoms with van der Waals surface area (Å²) in [6.07, 6.45) is 3.21. The molecule has 0 aliphatic rings. The maximum absolute atomic E-state index is 12.3. The van der Waals surface area contributed by atoms with E-state index in [1.54, 1.807) is 67.8 Å². The van der Waals surface area contributed by atoms with Gasteiger partial charge in [-0.05, 0) is 55.0 Å². The molecule has 0 N–H and O–H groups in total. The van der Waals surface area contributed by atoms with Crippen LogP contribution in [0.4, 0.5) is 0 Å². The highest BCUT2D eigenvalue weighted by Gasteiger charge is 2.09. The van der Waals surface area contributed by atoms with E-state index in [2.05, 4.69) is 0 Å². The summed E-state index contributed by atoms with van der Waals surface area (Å²) in [6, 6.07) is 21.1. The summed E-state index contributed by atoms with van der Waals surface area (Å²) in [5, 5.41) is 0. The van der Waals surface area contributed by atoms with Crippen LogP contribution in [0.1, 0.15) is 31.8 Å². The van der Waals surface area contributed by atoms with Gasteiger partial charge in [0.25, 0.3) is 0 Å². The van der Waals surface area contributed by atoms with E-state index in [0.717, 1.165) is 11.1 Å². The summed E-state index contributed by atoms with van der Waals surface area (Å²) in [6.45, 7) is 1.98. The number of rotatable bonds is 6. The molecule has 0 aromatic heterocycles. The average molecular weight is 372 g/mol. The smallest absolute Gasteiger partial charge is 0.343 e. The van der Waals surface area contributed by atoms with E-state index >= 15 is 0 Å². The van der Waals surface area contributed by atoms with Crippen molar-refractivity contribution in [3.05, 3.63) is 101 Å². The molecule has 3 aromatic carbocycles. The Morgan fingerprint density at radius 1 is 0.821 bits per heavy atom. The number of carbonyl (C=O) groups is 2. The van der Waals surface area contributed by atoms with Crippen molar-refractivity contribution >= 4 is 17.8 Å². The Bertz CT molecular complexity index is 1000. The molecular formula is C24H20O4. The Morgan fingerprint density at radius 3 is 2.18 bits per heavy atom. The van der Waals surface area contributed by atoms with Crippen LogP contribution < -0.4 is 9.47 Å². The van der Waals surface area contributed by atoms with Crippen LogP contribution in [0.3, 0.4) is 0 Å². The quantitative estimate of drug-likeness (QED) is 0.261. The van der Waals surface area contributed by atoms with Crippen molar-refractivity contribution in [2.45, 2.75) is 6.92 Å². The molecule has 0 aliphatic heterocycles. The zero-order valence-corrected chi connectivity index (χ0v) is 15.7. The molecule has 0 unspecified atom stereocenters. The molecule has 0 bridgehead atoms. The monoisotopic (exact) mass is 372 g/mol. The number of ketones is 1. The molecule has 0 heterocycles. The summed E-state index contributed by atoms with van der Waals surface area (Å²) in [4.78, 5) is 24.5. The van der Waals surface area contributed by atoms with E-state index in [1.807, 2.05) is 25.1 Å². The number of ether oxygens (including phenoxy) is 2. The predicted molar refractivity (Wildman–Crippen MR) is 109 cm³/mol. The summed E-state index contributed by atoms with van der Waals surface area (Å²) >= 11 is 0. The molecule has 140 valence electrons. The summed E-state index contributed by atoms with van der Waals surface area (Å²) in [5.41, 5.74) is 2.92. The highest BCUT2D eigenvalue weighted by Crippen LogP contribution is 2.18. The lowest BCUT2D eigenvalue weighted by atomic mass is 10.1. The standard InChI is InChI=1S/C24H20O4/c1-17-6-9-19(10-7-17)23(25)15-8-18-4-3-5-22(16-18)28-24(26)20-11-13-21(27-2)14-12-20/h3-16H,1-2H3/b15-8+. The third-order valence-corrected chi connectivity index (χ3v) is 4.16. The normalized spacial score (nSPS) is 10.6. The van der Waals surface area contributed by atoms with E-state index < -0.39 is 5.97 Å². The fraction of sp³-hybridized carbons (Fsp3) is 0.0833. The Hall–Kier alpha value is -3.66. The number of benzene rings is 3. The van der Waals surface area contributed by atoms with Gasteiger partial charge in [0.1, 0.15) is 11.5 Å². The maximum atomic E-state index is 12.3. The Labute approximate surface area is 164 Å². The van der Waals surface area contributed by atoms with Gasteiger partial charge in [-0.2, -0.15) is 0 Å². The van der Waals surface area contributed by atoms with Crippen molar-refractivity contribution in [1.82, 2.24) is 0 Å². The SMILES string of the molecule is COc1ccc(C(=O)Oc2cccc(/C=C/C(=O)c3ccc(C)cc3)c2)cc1. The van der Waals surface area contributed by atoms with Gasteiger partial charge in [0.15, 0.2) is 5.78 Å². The van der Waals surface area contributed by atoms with Gasteiger partial charge in [0, 0.05) is 5.56 Å². The number of allylic oxidation sites excluding steroid dienone is 1. The Balaban J connectivity index is 1.68. The van der Waals surface area contributed by atoms with E-state index in [1.165, 1.54) is 6.08 Å². The second kappa shape index (κ2) is 8.82. The molecule has 0 spiro atoms. The van der Waals surface area contributed by atoms with E-state index in [4.69, 9.17) is 9.47 Å². The van der Waals surface area contributed by atoms with Crippen LogP contribution in [0.15, 0.2) is 78.9 Å². The van der Waals surface area contributed by atoms with Gasteiger partial charge in [-0.25, -0.2) is 4.79 Å². The van der Waals surface area contributed by atoms with Crippen LogP contribution in [-0.4, -0.2) is 18.9 Å². The molecule has 0 aliphatic carbocycles. The van der Waals surface area contributed by atoms with Crippen molar-refractivity contribution in [3.8, 4) is 11.5 Å². The minimum atomic E-state index is -0.459. The van der Waals surface area contributed by atoms with Crippen LogP contribution in [-0.2, 0) is 0 Å². The van der Waals surface area contributed by atoms with Crippen molar-refractivity contribution < 1.29 is 19.1 Å². The predicted octanol–water partition coefficient (Wildman–Crippen LogP) is 5.12. The Morgan fingerprint density at radius 2 is 1.50 bits per heavy atom. The molecule has 3 rings (SSSR count). The van der Waals surface area contributed by atoms with Crippen LogP contribution in [0.2, 0.25) is 0 Å². The lowest BCUT2D eigenvalue weighted by Gasteiger charge is -2.06. The van der Waals surface area contributed by atoms with Crippen molar-refractivity contribution in [1.29, 1.82) is 0 Å². The highest BCUT2D eigenvalue weighted by molar-refractivity contribution is 6.06. The van der Waals surface area contributed by atoms with Gasteiger partial charge < -0.3 is 9.47 Å². The molecule has 0 radical (unpaired) electrons. The van der Waals surface area contributed by atoms with Gasteiger partial charge in [-0.15, -0.1) is 0 Å². The molecule has 3 aromatic rings. The molecule has 0 amide bonds. The molecule has 0 saturated heterocycles. The largest absolute Gasteiger partial charge is 0.497 e. The van der Waals surface area contributed by atoms with Crippen molar-refractivity contribution in [3.63, 3.8) is 0 Å². The Kier molecular flexibility index (Phi) is 6.02. The van der Waals surface area contributed by atoms with Gasteiger partial charge in [-0.1, -0.05) is 48.0 Å². The second-order valence-electron chi connectivity index (χ2n) is 6.25. The molecule has 0 saturated carbocycles. The van der Waals surface area contributed by atoms with E-state index in [0.29, 0.717) is 22.6 Å². The average Bonchev–Trinajstić information content (AvgIpc) is 2.73. The summed E-state index contributed by atoms with van der Waals surface area (Å²) in [5.74, 6) is 0.535. The van der Waals surface area contributed by atoms with Crippen LogP contribution in [0.5, 0.6) is 11.5 Å². The van der Waals surface area contributed by atoms with Gasteiger partial charge in [-0.3, -0.25) is 4.79 Å². The van der Waals surface area contributed by atoms with E-state index in [9.17, 15) is 9.59 Å². The minimum absolute atomic E-state index is 0.0827. The second-order valence-corrected chi connectivity index (χ2v) is 6.25. The molecule has 0 atom stereocenters. The van der Waals surface area contributed by atoms with Crippen LogP contribution in [0.25, 0.3) is 6.08 Å². The zero-order chi connectivity index (χ0) is 19.9. The fourth-order valence-electron chi connectivity index (χ4n) is 2.56. The van der Waals surface area contributed by atoms with E-state index in [-0.39, 0.29) is 5.78 Å². The highest BCUT2D eigenvalue weighted by atomic mass is 16.5. The van der Waals surface area contributed by atoms with Crippen molar-refractivity contribution in [2.75, 3.05) is 7.11 Å². The van der Waals surface area contributed by atoms with Gasteiger partial charge >= 0.3 is 5.97 Å². The lowest BCUT2D eigenvalue weighted by molar-refractivity contribution is 0.0734.